The van der Waals surface area contributed by atoms with Gasteiger partial charge in [-0.05, 0) is 7.05 Å². The molecule has 0 saturated heterocycles. The van der Waals surface area contributed by atoms with Crippen LogP contribution in [0.4, 0.5) is 0 Å². The lowest BCUT2D eigenvalue weighted by molar-refractivity contribution is -0.126. The van der Waals surface area contributed by atoms with E-state index in [1.165, 1.54) is 0 Å². The van der Waals surface area contributed by atoms with Crippen molar-refractivity contribution in [2.45, 2.75) is 0 Å². The summed E-state index contributed by atoms with van der Waals surface area (Å²) in [7, 11) is 1.87. The lowest BCUT2D eigenvalue weighted by Crippen LogP contribution is -2.36. The Morgan fingerprint density at radius 2 is 2.07 bits per heavy atom. The Labute approximate surface area is 89.8 Å². The molecule has 0 aliphatic carbocycles. The molecule has 0 heterocycles. The quantitative estimate of drug-likeness (QED) is 0.393. The lowest BCUT2D eigenvalue weighted by Gasteiger charge is -2.15. The number of rotatable bonds is 9. The molecule has 0 spiro atoms. The molecule has 0 bridgehead atoms. The molecule has 0 fully saturated rings. The Balaban J connectivity index is 3.30. The van der Waals surface area contributed by atoms with Crippen LogP contribution >= 0.6 is 0 Å². The molecule has 0 saturated carbocycles. The van der Waals surface area contributed by atoms with Gasteiger partial charge in [0.25, 0.3) is 0 Å². The minimum Gasteiger partial charge on any atom is -0.395 e. The van der Waals surface area contributed by atoms with Crippen molar-refractivity contribution in [3.63, 3.8) is 0 Å². The second-order valence-electron chi connectivity index (χ2n) is 3.15. The molecule has 0 unspecified atom stereocenters. The number of aliphatic hydroxyl groups excluding tert-OH is 2. The summed E-state index contributed by atoms with van der Waals surface area (Å²) < 4.78 is 4.83. The first-order valence-corrected chi connectivity index (χ1v) is 4.95. The van der Waals surface area contributed by atoms with E-state index >= 15 is 0 Å². The fraction of sp³-hybridized carbons (Fsp3) is 0.889. The van der Waals surface area contributed by atoms with Gasteiger partial charge in [-0.25, -0.2) is 0 Å². The number of aliphatic hydroxyl groups is 2. The summed E-state index contributed by atoms with van der Waals surface area (Å²) in [6, 6.07) is 0. The highest BCUT2D eigenvalue weighted by Crippen LogP contribution is 1.79. The van der Waals surface area contributed by atoms with E-state index in [1.54, 1.807) is 0 Å². The molecule has 0 aliphatic rings. The highest BCUT2D eigenvalue weighted by Gasteiger charge is 2.01. The summed E-state index contributed by atoms with van der Waals surface area (Å²) >= 11 is 0. The topological polar surface area (TPSA) is 82.0 Å². The Hall–Kier alpha value is -0.690. The Bertz CT molecular complexity index is 166. The van der Waals surface area contributed by atoms with Gasteiger partial charge in [0, 0.05) is 19.6 Å². The summed E-state index contributed by atoms with van der Waals surface area (Å²) in [5.74, 6) is -0.194. The van der Waals surface area contributed by atoms with Crippen molar-refractivity contribution < 1.29 is 19.7 Å². The highest BCUT2D eigenvalue weighted by atomic mass is 16.5. The molecule has 6 nitrogen and oxygen atoms in total. The molecule has 0 aromatic carbocycles. The summed E-state index contributed by atoms with van der Waals surface area (Å²) in [6.45, 7) is 2.00. The van der Waals surface area contributed by atoms with Crippen LogP contribution < -0.4 is 5.32 Å². The average Bonchev–Trinajstić information content (AvgIpc) is 2.18. The monoisotopic (exact) mass is 220 g/mol. The van der Waals surface area contributed by atoms with E-state index in [0.29, 0.717) is 19.6 Å². The number of ether oxygens (including phenoxy) is 1. The zero-order valence-electron chi connectivity index (χ0n) is 9.11. The van der Waals surface area contributed by atoms with Crippen molar-refractivity contribution in [2.24, 2.45) is 0 Å². The summed E-state index contributed by atoms with van der Waals surface area (Å²) in [6.07, 6.45) is 0. The number of nitrogens with one attached hydrogen (secondary N) is 1. The van der Waals surface area contributed by atoms with Crippen LogP contribution in [0.1, 0.15) is 0 Å². The second kappa shape index (κ2) is 9.85. The molecule has 90 valence electrons. The summed E-state index contributed by atoms with van der Waals surface area (Å²) in [5, 5.41) is 19.7. The first kappa shape index (κ1) is 14.3. The normalized spacial score (nSPS) is 10.7. The Kier molecular flexibility index (Phi) is 9.40. The predicted molar refractivity (Wildman–Crippen MR) is 55.5 cm³/mol. The van der Waals surface area contributed by atoms with E-state index in [4.69, 9.17) is 14.9 Å². The number of hydrogen-bond donors (Lipinski definition) is 3. The van der Waals surface area contributed by atoms with Crippen LogP contribution in [0.3, 0.4) is 0 Å². The third kappa shape index (κ3) is 9.61. The van der Waals surface area contributed by atoms with Gasteiger partial charge in [-0.1, -0.05) is 0 Å². The van der Waals surface area contributed by atoms with Crippen molar-refractivity contribution in [2.75, 3.05) is 53.1 Å². The van der Waals surface area contributed by atoms with E-state index in [1.807, 2.05) is 11.9 Å². The lowest BCUT2D eigenvalue weighted by atomic mass is 10.5. The van der Waals surface area contributed by atoms with Gasteiger partial charge in [0.15, 0.2) is 0 Å². The number of nitrogens with zero attached hydrogens (tertiary/aromatic N) is 1. The fourth-order valence-electron chi connectivity index (χ4n) is 0.949. The first-order chi connectivity index (χ1) is 7.20. The van der Waals surface area contributed by atoms with Crippen LogP contribution in [0.2, 0.25) is 0 Å². The van der Waals surface area contributed by atoms with E-state index < -0.39 is 0 Å². The van der Waals surface area contributed by atoms with Gasteiger partial charge in [-0.3, -0.25) is 4.79 Å². The highest BCUT2D eigenvalue weighted by molar-refractivity contribution is 5.77. The molecule has 0 aromatic rings. The molecule has 15 heavy (non-hydrogen) atoms. The molecular formula is C9H20N2O4. The van der Waals surface area contributed by atoms with Gasteiger partial charge >= 0.3 is 0 Å². The van der Waals surface area contributed by atoms with Crippen LogP contribution in [-0.2, 0) is 9.53 Å². The molecule has 6 heteroatoms. The molecule has 0 radical (unpaired) electrons. The van der Waals surface area contributed by atoms with E-state index in [-0.39, 0.29) is 32.3 Å². The molecule has 0 aromatic heterocycles. The zero-order valence-corrected chi connectivity index (χ0v) is 9.11. The maximum Gasteiger partial charge on any atom is 0.246 e. The SMILES string of the molecule is CN(CCO)CCNC(=O)COCCO. The molecule has 3 N–H and O–H groups in total. The van der Waals surface area contributed by atoms with Crippen LogP contribution in [-0.4, -0.2) is 74.1 Å². The molecule has 0 rings (SSSR count). The van der Waals surface area contributed by atoms with Crippen molar-refractivity contribution in [1.82, 2.24) is 10.2 Å². The number of likely N-dealkylation sites (N-methyl/N-ethyl adjacent to an activating group) is 1. The average molecular weight is 220 g/mol. The maximum absolute atomic E-state index is 11.1. The Morgan fingerprint density at radius 3 is 2.67 bits per heavy atom. The molecule has 0 atom stereocenters. The van der Waals surface area contributed by atoms with Crippen LogP contribution in [0.5, 0.6) is 0 Å². The largest absolute Gasteiger partial charge is 0.395 e. The van der Waals surface area contributed by atoms with Crippen LogP contribution in [0.15, 0.2) is 0 Å². The summed E-state index contributed by atoms with van der Waals surface area (Å²) in [4.78, 5) is 13.0. The minimum absolute atomic E-state index is 0.0235. The van der Waals surface area contributed by atoms with Crippen molar-refractivity contribution in [1.29, 1.82) is 0 Å². The van der Waals surface area contributed by atoms with Crippen LogP contribution in [0.25, 0.3) is 0 Å². The third-order valence-electron chi connectivity index (χ3n) is 1.77. The van der Waals surface area contributed by atoms with Crippen LogP contribution in [0, 0.1) is 0 Å². The number of carbonyl (C=O) groups is 1. The maximum atomic E-state index is 11.1. The Morgan fingerprint density at radius 1 is 1.33 bits per heavy atom. The van der Waals surface area contributed by atoms with E-state index in [9.17, 15) is 4.79 Å². The van der Waals surface area contributed by atoms with Gasteiger partial charge in [0.2, 0.25) is 5.91 Å². The van der Waals surface area contributed by atoms with E-state index in [2.05, 4.69) is 5.32 Å². The van der Waals surface area contributed by atoms with Gasteiger partial charge in [-0.15, -0.1) is 0 Å². The first-order valence-electron chi connectivity index (χ1n) is 4.95. The fourth-order valence-corrected chi connectivity index (χ4v) is 0.949. The molecule has 0 aliphatic heterocycles. The molecular weight excluding hydrogens is 200 g/mol. The molecule has 1 amide bonds. The third-order valence-corrected chi connectivity index (χ3v) is 1.77. The summed E-state index contributed by atoms with van der Waals surface area (Å²) in [5.41, 5.74) is 0. The van der Waals surface area contributed by atoms with Gasteiger partial charge < -0.3 is 25.2 Å². The zero-order chi connectivity index (χ0) is 11.5. The number of amides is 1. The van der Waals surface area contributed by atoms with E-state index in [0.717, 1.165) is 0 Å². The van der Waals surface area contributed by atoms with Crippen molar-refractivity contribution >= 4 is 5.91 Å². The van der Waals surface area contributed by atoms with Gasteiger partial charge in [-0.2, -0.15) is 0 Å². The smallest absolute Gasteiger partial charge is 0.246 e. The number of carbonyl (C=O) groups excluding carboxylic acids is 1. The van der Waals surface area contributed by atoms with Crippen molar-refractivity contribution in [3.8, 4) is 0 Å². The minimum atomic E-state index is -0.194. The number of hydrogen-bond acceptors (Lipinski definition) is 5. The predicted octanol–water partition coefficient (Wildman–Crippen LogP) is -1.96. The van der Waals surface area contributed by atoms with Gasteiger partial charge in [0.05, 0.1) is 19.8 Å². The van der Waals surface area contributed by atoms with Crippen molar-refractivity contribution in [3.05, 3.63) is 0 Å². The van der Waals surface area contributed by atoms with Gasteiger partial charge in [0.1, 0.15) is 6.61 Å². The standard InChI is InChI=1S/C9H20N2O4/c1-11(4-5-12)3-2-10-9(14)8-15-7-6-13/h12-13H,2-8H2,1H3,(H,10,14). The second-order valence-corrected chi connectivity index (χ2v) is 3.15.